The molecule has 0 atom stereocenters. The molecule has 18 heavy (non-hydrogen) atoms. The summed E-state index contributed by atoms with van der Waals surface area (Å²) in [6, 6.07) is 10.1. The van der Waals surface area contributed by atoms with Crippen molar-refractivity contribution in [1.29, 1.82) is 0 Å². The van der Waals surface area contributed by atoms with Crippen molar-refractivity contribution in [3.8, 4) is 0 Å². The third kappa shape index (κ3) is 8.31. The highest BCUT2D eigenvalue weighted by atomic mass is 35.5. The first-order valence-corrected chi connectivity index (χ1v) is 5.41. The predicted octanol–water partition coefficient (Wildman–Crippen LogP) is 1.04. The second kappa shape index (κ2) is 11.3. The van der Waals surface area contributed by atoms with Gasteiger partial charge >= 0.3 is 0 Å². The van der Waals surface area contributed by atoms with Gasteiger partial charge in [0, 0.05) is 19.6 Å². The molecule has 104 valence electrons. The van der Waals surface area contributed by atoms with Crippen molar-refractivity contribution in [2.45, 2.75) is 6.54 Å². The molecule has 0 saturated carbocycles. The Morgan fingerprint density at radius 2 is 1.89 bits per heavy atom. The summed E-state index contributed by atoms with van der Waals surface area (Å²) in [6.45, 7) is 2.19. The van der Waals surface area contributed by atoms with Gasteiger partial charge in [-0.1, -0.05) is 30.3 Å². The predicted molar refractivity (Wildman–Crippen MR) is 79.3 cm³/mol. The molecule has 0 unspecified atom stereocenters. The summed E-state index contributed by atoms with van der Waals surface area (Å²) < 4.78 is 0. The van der Waals surface area contributed by atoms with Crippen LogP contribution in [0.15, 0.2) is 30.3 Å². The smallest absolute Gasteiger partial charge is 0.234 e. The SMILES string of the molecule is CN(CC(=O)NCCN)Cc1ccccc1.Cl.Cl. The molecule has 6 heteroatoms. The van der Waals surface area contributed by atoms with Crippen LogP contribution in [-0.4, -0.2) is 37.5 Å². The van der Waals surface area contributed by atoms with Gasteiger partial charge < -0.3 is 11.1 Å². The summed E-state index contributed by atoms with van der Waals surface area (Å²) in [6.07, 6.45) is 0. The monoisotopic (exact) mass is 293 g/mol. The van der Waals surface area contributed by atoms with Crippen molar-refractivity contribution in [2.24, 2.45) is 5.73 Å². The molecule has 0 aliphatic carbocycles. The van der Waals surface area contributed by atoms with Crippen molar-refractivity contribution < 1.29 is 4.79 Å². The van der Waals surface area contributed by atoms with Crippen LogP contribution in [0.3, 0.4) is 0 Å². The lowest BCUT2D eigenvalue weighted by atomic mass is 10.2. The normalized spacial score (nSPS) is 9.28. The van der Waals surface area contributed by atoms with Crippen molar-refractivity contribution >= 4 is 30.7 Å². The van der Waals surface area contributed by atoms with Crippen LogP contribution >= 0.6 is 24.8 Å². The van der Waals surface area contributed by atoms with Crippen molar-refractivity contribution in [2.75, 3.05) is 26.7 Å². The molecule has 0 aliphatic heterocycles. The fourth-order valence-corrected chi connectivity index (χ4v) is 1.46. The Hall–Kier alpha value is -0.810. The van der Waals surface area contributed by atoms with E-state index < -0.39 is 0 Å². The molecule has 0 saturated heterocycles. The highest BCUT2D eigenvalue weighted by Crippen LogP contribution is 2.01. The topological polar surface area (TPSA) is 58.4 Å². The Labute approximate surface area is 121 Å². The zero-order valence-electron chi connectivity index (χ0n) is 10.5. The second-order valence-electron chi connectivity index (χ2n) is 3.80. The Kier molecular flexibility index (Phi) is 12.2. The lowest BCUT2D eigenvalue weighted by molar-refractivity contribution is -0.122. The minimum Gasteiger partial charge on any atom is -0.354 e. The van der Waals surface area contributed by atoms with Crippen LogP contribution in [0.5, 0.6) is 0 Å². The number of carbonyl (C=O) groups excluding carboxylic acids is 1. The number of nitrogens with zero attached hydrogens (tertiary/aromatic N) is 1. The molecule has 0 heterocycles. The van der Waals surface area contributed by atoms with E-state index in [2.05, 4.69) is 5.32 Å². The minimum atomic E-state index is 0. The van der Waals surface area contributed by atoms with E-state index in [-0.39, 0.29) is 30.7 Å². The summed E-state index contributed by atoms with van der Waals surface area (Å²) in [5.41, 5.74) is 6.51. The van der Waals surface area contributed by atoms with Crippen LogP contribution in [0.4, 0.5) is 0 Å². The summed E-state index contributed by atoms with van der Waals surface area (Å²) >= 11 is 0. The highest BCUT2D eigenvalue weighted by molar-refractivity contribution is 5.85. The molecule has 0 bridgehead atoms. The summed E-state index contributed by atoms with van der Waals surface area (Å²) in [4.78, 5) is 13.4. The fraction of sp³-hybridized carbons (Fsp3) is 0.417. The van der Waals surface area contributed by atoms with Crippen LogP contribution < -0.4 is 11.1 Å². The Morgan fingerprint density at radius 1 is 1.28 bits per heavy atom. The molecule has 0 fully saturated rings. The molecule has 0 radical (unpaired) electrons. The van der Waals surface area contributed by atoms with Crippen LogP contribution in [0, 0.1) is 0 Å². The van der Waals surface area contributed by atoms with E-state index in [0.717, 1.165) is 6.54 Å². The molecular weight excluding hydrogens is 273 g/mol. The third-order valence-corrected chi connectivity index (χ3v) is 2.18. The first-order valence-electron chi connectivity index (χ1n) is 5.41. The summed E-state index contributed by atoms with van der Waals surface area (Å²) in [5.74, 6) is 0.0175. The van der Waals surface area contributed by atoms with E-state index in [1.165, 1.54) is 5.56 Å². The highest BCUT2D eigenvalue weighted by Gasteiger charge is 2.05. The van der Waals surface area contributed by atoms with Crippen molar-refractivity contribution in [3.05, 3.63) is 35.9 Å². The molecule has 0 aliphatic rings. The van der Waals surface area contributed by atoms with Gasteiger partial charge in [0.2, 0.25) is 5.91 Å². The maximum atomic E-state index is 11.4. The number of rotatable bonds is 6. The Balaban J connectivity index is 0. The van der Waals surface area contributed by atoms with Crippen LogP contribution in [0.1, 0.15) is 5.56 Å². The molecule has 1 rings (SSSR count). The largest absolute Gasteiger partial charge is 0.354 e. The quantitative estimate of drug-likeness (QED) is 0.824. The number of nitrogens with two attached hydrogens (primary N) is 1. The summed E-state index contributed by atoms with van der Waals surface area (Å²) in [7, 11) is 1.93. The van der Waals surface area contributed by atoms with Gasteiger partial charge in [-0.3, -0.25) is 9.69 Å². The van der Waals surface area contributed by atoms with Crippen LogP contribution in [0.2, 0.25) is 0 Å². The van der Waals surface area contributed by atoms with Gasteiger partial charge in [-0.15, -0.1) is 24.8 Å². The first kappa shape index (κ1) is 19.5. The summed E-state index contributed by atoms with van der Waals surface area (Å²) in [5, 5.41) is 2.74. The number of hydrogen-bond acceptors (Lipinski definition) is 3. The third-order valence-electron chi connectivity index (χ3n) is 2.18. The zero-order valence-corrected chi connectivity index (χ0v) is 12.1. The number of likely N-dealkylation sites (N-methyl/N-ethyl adjacent to an activating group) is 1. The van der Waals surface area contributed by atoms with Gasteiger partial charge in [0.15, 0.2) is 0 Å². The van der Waals surface area contributed by atoms with Gasteiger partial charge in [0.1, 0.15) is 0 Å². The van der Waals surface area contributed by atoms with E-state index in [4.69, 9.17) is 5.73 Å². The number of carbonyl (C=O) groups is 1. The molecule has 3 N–H and O–H groups in total. The average molecular weight is 294 g/mol. The molecule has 1 aromatic carbocycles. The second-order valence-corrected chi connectivity index (χ2v) is 3.80. The van der Waals surface area contributed by atoms with Crippen LogP contribution in [-0.2, 0) is 11.3 Å². The van der Waals surface area contributed by atoms with E-state index in [1.807, 2.05) is 42.3 Å². The van der Waals surface area contributed by atoms with Gasteiger partial charge in [-0.25, -0.2) is 0 Å². The number of benzene rings is 1. The maximum Gasteiger partial charge on any atom is 0.234 e. The van der Waals surface area contributed by atoms with Gasteiger partial charge in [0.25, 0.3) is 0 Å². The molecule has 4 nitrogen and oxygen atoms in total. The first-order chi connectivity index (χ1) is 7.72. The molecule has 1 amide bonds. The average Bonchev–Trinajstić information content (AvgIpc) is 2.27. The molecule has 0 spiro atoms. The van der Waals surface area contributed by atoms with Crippen molar-refractivity contribution in [1.82, 2.24) is 10.2 Å². The van der Waals surface area contributed by atoms with Gasteiger partial charge in [-0.05, 0) is 12.6 Å². The Bertz CT molecular complexity index is 322. The molecule has 0 aromatic heterocycles. The van der Waals surface area contributed by atoms with Gasteiger partial charge in [-0.2, -0.15) is 0 Å². The number of nitrogens with one attached hydrogen (secondary N) is 1. The Morgan fingerprint density at radius 3 is 2.44 bits per heavy atom. The number of amides is 1. The number of hydrogen-bond donors (Lipinski definition) is 2. The fourth-order valence-electron chi connectivity index (χ4n) is 1.46. The molecule has 1 aromatic rings. The van der Waals surface area contributed by atoms with Crippen LogP contribution in [0.25, 0.3) is 0 Å². The lowest BCUT2D eigenvalue weighted by Gasteiger charge is -2.16. The zero-order chi connectivity index (χ0) is 11.8. The minimum absolute atomic E-state index is 0. The van der Waals surface area contributed by atoms with E-state index in [1.54, 1.807) is 0 Å². The maximum absolute atomic E-state index is 11.4. The number of halogens is 2. The van der Waals surface area contributed by atoms with Crippen molar-refractivity contribution in [3.63, 3.8) is 0 Å². The molecular formula is C12H21Cl2N3O. The van der Waals surface area contributed by atoms with E-state index in [0.29, 0.717) is 19.6 Å². The standard InChI is InChI=1S/C12H19N3O.2ClH/c1-15(10-12(16)14-8-7-13)9-11-5-3-2-4-6-11;;/h2-6H,7-10,13H2,1H3,(H,14,16);2*1H. The van der Waals surface area contributed by atoms with E-state index >= 15 is 0 Å². The van der Waals surface area contributed by atoms with Gasteiger partial charge in [0.05, 0.1) is 6.54 Å². The van der Waals surface area contributed by atoms with E-state index in [9.17, 15) is 4.79 Å². The lowest BCUT2D eigenvalue weighted by Crippen LogP contribution is -2.37.